The second kappa shape index (κ2) is 4.55. The van der Waals surface area contributed by atoms with Crippen molar-refractivity contribution in [3.63, 3.8) is 0 Å². The molecule has 3 nitrogen and oxygen atoms in total. The molecule has 0 aliphatic heterocycles. The van der Waals surface area contributed by atoms with Crippen LogP contribution in [0.5, 0.6) is 0 Å². The summed E-state index contributed by atoms with van der Waals surface area (Å²) in [4.78, 5) is 11.2. The molecule has 0 aromatic rings. The zero-order valence-electron chi connectivity index (χ0n) is 7.93. The summed E-state index contributed by atoms with van der Waals surface area (Å²) >= 11 is 0. The van der Waals surface area contributed by atoms with E-state index < -0.39 is 6.04 Å². The fourth-order valence-corrected chi connectivity index (χ4v) is 0.564. The normalized spacial score (nSPS) is 11.2. The number of hydrogen-bond acceptors (Lipinski definition) is 2. The van der Waals surface area contributed by atoms with Crippen molar-refractivity contribution in [2.24, 2.45) is 0 Å². The van der Waals surface area contributed by atoms with E-state index in [1.165, 1.54) is 0 Å². The van der Waals surface area contributed by atoms with E-state index in [1.807, 2.05) is 19.9 Å². The quantitative estimate of drug-likeness (QED) is 0.630. The Balaban J connectivity index is 4.27. The Morgan fingerprint density at radius 3 is 2.25 bits per heavy atom. The molecular formula is C9H14N2O. The summed E-state index contributed by atoms with van der Waals surface area (Å²) in [6, 6.07) is 1.51. The summed E-state index contributed by atoms with van der Waals surface area (Å²) in [7, 11) is 0. The molecule has 1 amide bonds. The second-order valence-corrected chi connectivity index (χ2v) is 2.95. The number of carbonyl (C=O) groups is 1. The molecule has 0 rings (SSSR count). The Labute approximate surface area is 73.1 Å². The molecule has 1 N–H and O–H groups in total. The van der Waals surface area contributed by atoms with E-state index in [-0.39, 0.29) is 5.91 Å². The first kappa shape index (κ1) is 10.7. The van der Waals surface area contributed by atoms with Gasteiger partial charge in [0.1, 0.15) is 6.04 Å². The monoisotopic (exact) mass is 166 g/mol. The van der Waals surface area contributed by atoms with Crippen molar-refractivity contribution in [3.05, 3.63) is 11.1 Å². The number of allylic oxidation sites excluding steroid dienone is 1. The van der Waals surface area contributed by atoms with Crippen molar-refractivity contribution >= 4 is 5.91 Å². The summed E-state index contributed by atoms with van der Waals surface area (Å²) in [5.41, 5.74) is 1.65. The molecule has 1 atom stereocenters. The van der Waals surface area contributed by atoms with Gasteiger partial charge in [-0.1, -0.05) is 5.57 Å². The van der Waals surface area contributed by atoms with Gasteiger partial charge in [0.15, 0.2) is 0 Å². The number of rotatable bonds is 2. The Hall–Kier alpha value is -1.30. The number of nitrogens with zero attached hydrogens (tertiary/aromatic N) is 1. The molecule has 0 aromatic heterocycles. The predicted octanol–water partition coefficient (Wildman–Crippen LogP) is 1.37. The van der Waals surface area contributed by atoms with Gasteiger partial charge >= 0.3 is 0 Å². The van der Waals surface area contributed by atoms with Crippen molar-refractivity contribution in [1.29, 1.82) is 5.26 Å². The van der Waals surface area contributed by atoms with Crippen molar-refractivity contribution in [3.8, 4) is 6.07 Å². The first-order valence-electron chi connectivity index (χ1n) is 3.83. The maximum Gasteiger partial charge on any atom is 0.247 e. The standard InChI is InChI=1S/C9H14N2O/c1-6(2)8(4)9(12)11-7(3)5-10/h7H,1-4H3,(H,11,12). The molecule has 0 radical (unpaired) electrons. The summed E-state index contributed by atoms with van der Waals surface area (Å²) in [6.07, 6.45) is 0. The molecule has 1 unspecified atom stereocenters. The lowest BCUT2D eigenvalue weighted by Crippen LogP contribution is -2.32. The Kier molecular flexibility index (Phi) is 4.06. The van der Waals surface area contributed by atoms with Crippen molar-refractivity contribution in [1.82, 2.24) is 5.32 Å². The fourth-order valence-electron chi connectivity index (χ4n) is 0.564. The number of amides is 1. The molecule has 0 fully saturated rings. The van der Waals surface area contributed by atoms with Crippen LogP contribution in [0.1, 0.15) is 27.7 Å². The first-order chi connectivity index (χ1) is 5.49. The Morgan fingerprint density at radius 1 is 1.42 bits per heavy atom. The van der Waals surface area contributed by atoms with E-state index in [0.717, 1.165) is 5.57 Å². The number of nitrogens with one attached hydrogen (secondary N) is 1. The van der Waals surface area contributed by atoms with Crippen LogP contribution >= 0.6 is 0 Å². The molecule has 0 saturated carbocycles. The van der Waals surface area contributed by atoms with Gasteiger partial charge < -0.3 is 5.32 Å². The lowest BCUT2D eigenvalue weighted by molar-refractivity contribution is -0.117. The lowest BCUT2D eigenvalue weighted by atomic mass is 10.1. The van der Waals surface area contributed by atoms with Crippen LogP contribution in [0.4, 0.5) is 0 Å². The summed E-state index contributed by atoms with van der Waals surface area (Å²) in [5, 5.41) is 11.0. The van der Waals surface area contributed by atoms with Gasteiger partial charge in [-0.3, -0.25) is 4.79 Å². The van der Waals surface area contributed by atoms with E-state index >= 15 is 0 Å². The smallest absolute Gasteiger partial charge is 0.247 e. The van der Waals surface area contributed by atoms with Gasteiger partial charge in [-0.05, 0) is 27.7 Å². The van der Waals surface area contributed by atoms with Crippen molar-refractivity contribution < 1.29 is 4.79 Å². The summed E-state index contributed by atoms with van der Waals surface area (Å²) < 4.78 is 0. The fraction of sp³-hybridized carbons (Fsp3) is 0.556. The van der Waals surface area contributed by atoms with Gasteiger partial charge in [0.05, 0.1) is 6.07 Å². The van der Waals surface area contributed by atoms with Crippen LogP contribution in [0, 0.1) is 11.3 Å². The van der Waals surface area contributed by atoms with Crippen LogP contribution in [0.25, 0.3) is 0 Å². The van der Waals surface area contributed by atoms with Crippen LogP contribution in [0.15, 0.2) is 11.1 Å². The van der Waals surface area contributed by atoms with E-state index in [2.05, 4.69) is 5.32 Å². The molecule has 0 aromatic carbocycles. The Bertz CT molecular complexity index is 244. The third-order valence-corrected chi connectivity index (χ3v) is 1.63. The van der Waals surface area contributed by atoms with E-state index in [9.17, 15) is 4.79 Å². The molecule has 0 heterocycles. The third kappa shape index (κ3) is 3.20. The minimum Gasteiger partial charge on any atom is -0.337 e. The SMILES string of the molecule is CC(C)=C(C)C(=O)NC(C)C#N. The first-order valence-corrected chi connectivity index (χ1v) is 3.83. The minimum atomic E-state index is -0.424. The predicted molar refractivity (Wildman–Crippen MR) is 47.3 cm³/mol. The van der Waals surface area contributed by atoms with E-state index in [1.54, 1.807) is 13.8 Å². The van der Waals surface area contributed by atoms with Crippen LogP contribution in [0.2, 0.25) is 0 Å². The number of hydrogen-bond donors (Lipinski definition) is 1. The maximum absolute atomic E-state index is 11.2. The highest BCUT2D eigenvalue weighted by Gasteiger charge is 2.08. The second-order valence-electron chi connectivity index (χ2n) is 2.95. The minimum absolute atomic E-state index is 0.163. The van der Waals surface area contributed by atoms with Crippen LogP contribution in [-0.4, -0.2) is 11.9 Å². The molecule has 0 spiro atoms. The lowest BCUT2D eigenvalue weighted by Gasteiger charge is -2.07. The molecule has 66 valence electrons. The average molecular weight is 166 g/mol. The van der Waals surface area contributed by atoms with Gasteiger partial charge in [-0.2, -0.15) is 5.26 Å². The molecule has 0 bridgehead atoms. The molecule has 3 heteroatoms. The molecule has 12 heavy (non-hydrogen) atoms. The molecule has 0 aliphatic rings. The maximum atomic E-state index is 11.2. The average Bonchev–Trinajstić information content (AvgIpc) is 2.02. The number of nitriles is 1. The highest BCUT2D eigenvalue weighted by molar-refractivity contribution is 5.93. The van der Waals surface area contributed by atoms with Crippen molar-refractivity contribution in [2.45, 2.75) is 33.7 Å². The zero-order valence-corrected chi connectivity index (χ0v) is 7.93. The van der Waals surface area contributed by atoms with Gasteiger partial charge in [0, 0.05) is 5.57 Å². The molecule has 0 saturated heterocycles. The van der Waals surface area contributed by atoms with E-state index in [4.69, 9.17) is 5.26 Å². The largest absolute Gasteiger partial charge is 0.337 e. The van der Waals surface area contributed by atoms with Crippen LogP contribution in [-0.2, 0) is 4.79 Å². The van der Waals surface area contributed by atoms with Gasteiger partial charge in [-0.15, -0.1) is 0 Å². The topological polar surface area (TPSA) is 52.9 Å². The van der Waals surface area contributed by atoms with Crippen LogP contribution in [0.3, 0.4) is 0 Å². The van der Waals surface area contributed by atoms with E-state index in [0.29, 0.717) is 5.57 Å². The zero-order chi connectivity index (χ0) is 9.72. The van der Waals surface area contributed by atoms with Crippen LogP contribution < -0.4 is 5.32 Å². The number of carbonyl (C=O) groups excluding carboxylic acids is 1. The Morgan fingerprint density at radius 2 is 1.92 bits per heavy atom. The molecule has 0 aliphatic carbocycles. The van der Waals surface area contributed by atoms with Gasteiger partial charge in [0.2, 0.25) is 5.91 Å². The van der Waals surface area contributed by atoms with Gasteiger partial charge in [0.25, 0.3) is 0 Å². The summed E-state index contributed by atoms with van der Waals surface area (Å²) in [6.45, 7) is 7.13. The highest BCUT2D eigenvalue weighted by Crippen LogP contribution is 2.01. The summed E-state index contributed by atoms with van der Waals surface area (Å²) in [5.74, 6) is -0.163. The third-order valence-electron chi connectivity index (χ3n) is 1.63. The highest BCUT2D eigenvalue weighted by atomic mass is 16.1. The van der Waals surface area contributed by atoms with Gasteiger partial charge in [-0.25, -0.2) is 0 Å². The van der Waals surface area contributed by atoms with Crippen molar-refractivity contribution in [2.75, 3.05) is 0 Å². The molecular weight excluding hydrogens is 152 g/mol.